The maximum Gasteiger partial charge on any atom is 0.0461 e. The van der Waals surface area contributed by atoms with E-state index in [2.05, 4.69) is 42.8 Å². The van der Waals surface area contributed by atoms with E-state index in [4.69, 9.17) is 0 Å². The molecule has 1 aromatic carbocycles. The van der Waals surface area contributed by atoms with E-state index in [-0.39, 0.29) is 0 Å². The monoisotopic (exact) mass is 171 g/mol. The molecule has 0 fully saturated rings. The first-order chi connectivity index (χ1) is 6.33. The van der Waals surface area contributed by atoms with Gasteiger partial charge in [0.15, 0.2) is 0 Å². The van der Waals surface area contributed by atoms with E-state index in [1.165, 1.54) is 16.5 Å². The lowest BCUT2D eigenvalue weighted by atomic mass is 10.1. The number of hydrogen-bond acceptors (Lipinski definition) is 0. The van der Waals surface area contributed by atoms with Crippen LogP contribution in [0, 0.1) is 0 Å². The predicted octanol–water partition coefficient (Wildman–Crippen LogP) is 3.37. The van der Waals surface area contributed by atoms with Crippen molar-refractivity contribution in [1.29, 1.82) is 0 Å². The molecule has 0 aliphatic rings. The van der Waals surface area contributed by atoms with E-state index in [1.54, 1.807) is 0 Å². The molecule has 0 aliphatic carbocycles. The van der Waals surface area contributed by atoms with E-state index in [1.807, 2.05) is 6.08 Å². The molecule has 0 spiro atoms. The molecule has 2 aromatic rings. The molecule has 13 heavy (non-hydrogen) atoms. The molecular weight excluding hydrogens is 158 g/mol. The van der Waals surface area contributed by atoms with E-state index in [0.717, 1.165) is 12.1 Å². The number of aromatic nitrogens is 1. The summed E-state index contributed by atoms with van der Waals surface area (Å²) in [7, 11) is 0. The molecule has 0 saturated heterocycles. The smallest absolute Gasteiger partial charge is 0.0461 e. The van der Waals surface area contributed by atoms with Crippen LogP contribution in [0.15, 0.2) is 30.8 Å². The fourth-order valence-corrected chi connectivity index (χ4v) is 1.53. The van der Waals surface area contributed by atoms with Crippen LogP contribution in [0.1, 0.15) is 18.2 Å². The second-order valence-corrected chi connectivity index (χ2v) is 3.20. The van der Waals surface area contributed by atoms with Crippen molar-refractivity contribution in [3.63, 3.8) is 0 Å². The van der Waals surface area contributed by atoms with Crippen molar-refractivity contribution in [3.05, 3.63) is 42.1 Å². The summed E-state index contributed by atoms with van der Waals surface area (Å²) in [5.74, 6) is 0. The van der Waals surface area contributed by atoms with E-state index < -0.39 is 0 Å². The maximum atomic E-state index is 3.74. The summed E-state index contributed by atoms with van der Waals surface area (Å²) in [6.07, 6.45) is 2.92. The molecule has 0 atom stereocenters. The molecule has 1 nitrogen and oxygen atoms in total. The Bertz CT molecular complexity index is 437. The van der Waals surface area contributed by atoms with Crippen molar-refractivity contribution < 1.29 is 0 Å². The minimum absolute atomic E-state index is 1.08. The number of H-pyrrole nitrogens is 1. The third-order valence-electron chi connectivity index (χ3n) is 2.34. The second kappa shape index (κ2) is 3.09. The van der Waals surface area contributed by atoms with Gasteiger partial charge in [0.2, 0.25) is 0 Å². The van der Waals surface area contributed by atoms with Gasteiger partial charge in [0.1, 0.15) is 0 Å². The molecule has 2 rings (SSSR count). The lowest BCUT2D eigenvalue weighted by Gasteiger charge is -1.94. The van der Waals surface area contributed by atoms with Gasteiger partial charge >= 0.3 is 0 Å². The Hall–Kier alpha value is -1.50. The van der Waals surface area contributed by atoms with Crippen molar-refractivity contribution in [1.82, 2.24) is 4.98 Å². The zero-order valence-electron chi connectivity index (χ0n) is 7.80. The van der Waals surface area contributed by atoms with Crippen LogP contribution in [0.25, 0.3) is 17.0 Å². The van der Waals surface area contributed by atoms with Crippen LogP contribution >= 0.6 is 0 Å². The first kappa shape index (κ1) is 8.11. The summed E-state index contributed by atoms with van der Waals surface area (Å²) >= 11 is 0. The highest BCUT2D eigenvalue weighted by Gasteiger charge is 1.98. The minimum atomic E-state index is 1.08. The normalized spacial score (nSPS) is 10.5. The Balaban J connectivity index is 2.63. The molecule has 0 unspecified atom stereocenters. The van der Waals surface area contributed by atoms with Crippen molar-refractivity contribution in [2.75, 3.05) is 0 Å². The van der Waals surface area contributed by atoms with Crippen LogP contribution in [0.5, 0.6) is 0 Å². The molecule has 0 bridgehead atoms. The van der Waals surface area contributed by atoms with Gasteiger partial charge in [-0.2, -0.15) is 0 Å². The van der Waals surface area contributed by atoms with Gasteiger partial charge < -0.3 is 4.98 Å². The zero-order valence-corrected chi connectivity index (χ0v) is 7.80. The fraction of sp³-hybridized carbons (Fsp3) is 0.167. The third-order valence-corrected chi connectivity index (χ3v) is 2.34. The molecule has 1 N–H and O–H groups in total. The molecule has 0 saturated carbocycles. The molecule has 0 amide bonds. The summed E-state index contributed by atoms with van der Waals surface area (Å²) in [5.41, 5.74) is 3.66. The lowest BCUT2D eigenvalue weighted by molar-refractivity contribution is 1.14. The summed E-state index contributed by atoms with van der Waals surface area (Å²) < 4.78 is 0. The predicted molar refractivity (Wildman–Crippen MR) is 57.8 cm³/mol. The van der Waals surface area contributed by atoms with Gasteiger partial charge in [-0.05, 0) is 35.6 Å². The van der Waals surface area contributed by atoms with E-state index >= 15 is 0 Å². The van der Waals surface area contributed by atoms with E-state index in [9.17, 15) is 0 Å². The zero-order chi connectivity index (χ0) is 9.26. The number of benzene rings is 1. The Morgan fingerprint density at radius 1 is 1.38 bits per heavy atom. The SMILES string of the molecule is C=Cc1cc2ccc(CC)cc2[nH]1. The van der Waals surface area contributed by atoms with Crippen LogP contribution < -0.4 is 0 Å². The maximum absolute atomic E-state index is 3.74. The van der Waals surface area contributed by atoms with Crippen molar-refractivity contribution in [2.24, 2.45) is 0 Å². The molecule has 66 valence electrons. The molecular formula is C12H13N. The molecule has 1 heteroatoms. The van der Waals surface area contributed by atoms with Gasteiger partial charge in [-0.15, -0.1) is 0 Å². The molecule has 0 radical (unpaired) electrons. The van der Waals surface area contributed by atoms with Gasteiger partial charge in [0.25, 0.3) is 0 Å². The quantitative estimate of drug-likeness (QED) is 0.713. The Kier molecular flexibility index (Phi) is 1.93. The van der Waals surface area contributed by atoms with E-state index in [0.29, 0.717) is 0 Å². The number of aryl methyl sites for hydroxylation is 1. The average molecular weight is 171 g/mol. The Morgan fingerprint density at radius 2 is 2.23 bits per heavy atom. The highest BCUT2D eigenvalue weighted by atomic mass is 14.7. The van der Waals surface area contributed by atoms with Crippen LogP contribution in [-0.4, -0.2) is 4.98 Å². The molecule has 1 aromatic heterocycles. The van der Waals surface area contributed by atoms with Gasteiger partial charge in [-0.3, -0.25) is 0 Å². The number of nitrogens with one attached hydrogen (secondary N) is 1. The van der Waals surface area contributed by atoms with Crippen LogP contribution in [0.2, 0.25) is 0 Å². The Morgan fingerprint density at radius 3 is 2.92 bits per heavy atom. The van der Waals surface area contributed by atoms with Crippen LogP contribution in [-0.2, 0) is 6.42 Å². The summed E-state index contributed by atoms with van der Waals surface area (Å²) in [4.78, 5) is 3.30. The number of rotatable bonds is 2. The van der Waals surface area contributed by atoms with Gasteiger partial charge in [0, 0.05) is 11.2 Å². The average Bonchev–Trinajstić information content (AvgIpc) is 2.58. The van der Waals surface area contributed by atoms with Crippen LogP contribution in [0.4, 0.5) is 0 Å². The number of fused-ring (bicyclic) bond motifs is 1. The largest absolute Gasteiger partial charge is 0.355 e. The van der Waals surface area contributed by atoms with Gasteiger partial charge in [-0.25, -0.2) is 0 Å². The first-order valence-electron chi connectivity index (χ1n) is 4.57. The lowest BCUT2D eigenvalue weighted by Crippen LogP contribution is -1.78. The Labute approximate surface area is 78.1 Å². The fourth-order valence-electron chi connectivity index (χ4n) is 1.53. The number of aromatic amines is 1. The van der Waals surface area contributed by atoms with Crippen molar-refractivity contribution in [3.8, 4) is 0 Å². The summed E-state index contributed by atoms with van der Waals surface area (Å²) in [6, 6.07) is 8.63. The van der Waals surface area contributed by atoms with Crippen molar-refractivity contribution >= 4 is 17.0 Å². The minimum Gasteiger partial charge on any atom is -0.355 e. The summed E-state index contributed by atoms with van der Waals surface area (Å²) in [5, 5.41) is 1.26. The molecule has 1 heterocycles. The topological polar surface area (TPSA) is 15.8 Å². The van der Waals surface area contributed by atoms with Crippen LogP contribution in [0.3, 0.4) is 0 Å². The highest BCUT2D eigenvalue weighted by molar-refractivity contribution is 5.83. The summed E-state index contributed by atoms with van der Waals surface area (Å²) in [6.45, 7) is 5.90. The van der Waals surface area contributed by atoms with Gasteiger partial charge in [0.05, 0.1) is 0 Å². The first-order valence-corrected chi connectivity index (χ1v) is 4.57. The number of hydrogen-bond donors (Lipinski definition) is 1. The van der Waals surface area contributed by atoms with Crippen molar-refractivity contribution in [2.45, 2.75) is 13.3 Å². The second-order valence-electron chi connectivity index (χ2n) is 3.20. The highest BCUT2D eigenvalue weighted by Crippen LogP contribution is 2.17. The van der Waals surface area contributed by atoms with Gasteiger partial charge in [-0.1, -0.05) is 25.6 Å². The third kappa shape index (κ3) is 1.37. The standard InChI is InChI=1S/C12H13N/c1-3-9-5-6-10-8-11(4-2)13-12(10)7-9/h4-8,13H,2-3H2,1H3. The molecule has 0 aliphatic heterocycles.